The molecular weight excluding hydrogens is 428 g/mol. The van der Waals surface area contributed by atoms with E-state index in [-0.39, 0.29) is 0 Å². The fourth-order valence-electron chi connectivity index (χ4n) is 3.48. The molecule has 0 aliphatic rings. The van der Waals surface area contributed by atoms with Crippen LogP contribution in [0.4, 0.5) is 5.82 Å². The molecule has 4 rings (SSSR count). The van der Waals surface area contributed by atoms with E-state index >= 15 is 0 Å². The van der Waals surface area contributed by atoms with Gasteiger partial charge in [-0.05, 0) is 54.2 Å². The molecule has 0 unspecified atom stereocenters. The van der Waals surface area contributed by atoms with Crippen molar-refractivity contribution in [1.29, 1.82) is 0 Å². The normalized spacial score (nSPS) is 11.1. The largest absolute Gasteiger partial charge is 0.489 e. The van der Waals surface area contributed by atoms with Crippen molar-refractivity contribution in [2.24, 2.45) is 0 Å². The minimum Gasteiger partial charge on any atom is -0.489 e. The number of hydrogen-bond acceptors (Lipinski definition) is 4. The zero-order valence-electron chi connectivity index (χ0n) is 16.1. The Bertz CT molecular complexity index is 1090. The van der Waals surface area contributed by atoms with Gasteiger partial charge in [0.25, 0.3) is 0 Å². The van der Waals surface area contributed by atoms with E-state index in [2.05, 4.69) is 56.3 Å². The maximum absolute atomic E-state index is 6.19. The Morgan fingerprint density at radius 3 is 2.66 bits per heavy atom. The molecule has 0 aliphatic carbocycles. The zero-order valence-corrected chi connectivity index (χ0v) is 17.7. The van der Waals surface area contributed by atoms with Crippen LogP contribution in [0.3, 0.4) is 0 Å². The number of ether oxygens (including phenoxy) is 1. The highest BCUT2D eigenvalue weighted by Crippen LogP contribution is 2.25. The van der Waals surface area contributed by atoms with Crippen LogP contribution in [0.1, 0.15) is 28.8 Å². The fraction of sp³-hybridized carbons (Fsp3) is 0.217. The molecule has 0 fully saturated rings. The summed E-state index contributed by atoms with van der Waals surface area (Å²) >= 11 is 3.50. The maximum Gasteiger partial charge on any atom is 0.151 e. The lowest BCUT2D eigenvalue weighted by Gasteiger charge is -2.08. The lowest BCUT2D eigenvalue weighted by atomic mass is 10.1. The Hall–Kier alpha value is -2.86. The van der Waals surface area contributed by atoms with Crippen molar-refractivity contribution in [2.45, 2.75) is 25.9 Å². The number of nitrogen functional groups attached to an aromatic ring is 1. The Balaban J connectivity index is 1.57. The minimum atomic E-state index is 0.511. The number of rotatable bonds is 8. The highest BCUT2D eigenvalue weighted by Gasteiger charge is 2.14. The minimum absolute atomic E-state index is 0.511. The van der Waals surface area contributed by atoms with Crippen molar-refractivity contribution in [3.63, 3.8) is 0 Å². The molecule has 0 amide bonds. The number of nitrogens with zero attached hydrogens (tertiary/aromatic N) is 3. The van der Waals surface area contributed by atoms with Gasteiger partial charge < -0.3 is 10.5 Å². The van der Waals surface area contributed by atoms with Crippen molar-refractivity contribution >= 4 is 27.3 Å². The number of benzene rings is 2. The predicted octanol–water partition coefficient (Wildman–Crippen LogP) is 4.81. The van der Waals surface area contributed by atoms with E-state index in [4.69, 9.17) is 10.5 Å². The molecule has 4 aromatic rings. The number of hydrogen-bond donors (Lipinski definition) is 1. The van der Waals surface area contributed by atoms with E-state index in [1.165, 1.54) is 11.9 Å². The summed E-state index contributed by atoms with van der Waals surface area (Å²) in [4.78, 5) is 4.20. The van der Waals surface area contributed by atoms with Crippen molar-refractivity contribution in [3.05, 3.63) is 89.4 Å². The maximum atomic E-state index is 6.19. The highest BCUT2D eigenvalue weighted by atomic mass is 79.9. The molecule has 5 nitrogen and oxygen atoms in total. The van der Waals surface area contributed by atoms with E-state index in [9.17, 15) is 0 Å². The van der Waals surface area contributed by atoms with Gasteiger partial charge in [0.15, 0.2) is 5.82 Å². The molecule has 0 radical (unpaired) electrons. The third kappa shape index (κ3) is 4.59. The third-order valence-electron chi connectivity index (χ3n) is 4.84. The first kappa shape index (κ1) is 19.5. The molecule has 0 saturated heterocycles. The zero-order chi connectivity index (χ0) is 20.1. The van der Waals surface area contributed by atoms with Gasteiger partial charge in [0.1, 0.15) is 24.2 Å². The molecule has 0 aliphatic heterocycles. The first-order chi connectivity index (χ1) is 14.2. The molecule has 0 atom stereocenters. The number of alkyl halides is 1. The fourth-order valence-corrected chi connectivity index (χ4v) is 3.76. The quantitative estimate of drug-likeness (QED) is 0.391. The molecule has 148 valence electrons. The number of aromatic nitrogens is 3. The first-order valence-corrected chi connectivity index (χ1v) is 10.8. The summed E-state index contributed by atoms with van der Waals surface area (Å²) in [5.41, 5.74) is 11.7. The van der Waals surface area contributed by atoms with E-state index in [0.29, 0.717) is 12.4 Å². The SMILES string of the molecule is Nc1ncnn2c(CCCBr)cc(Cc3cccc(OCc4ccccc4)c3)c12. The summed E-state index contributed by atoms with van der Waals surface area (Å²) in [6, 6.07) is 20.6. The Labute approximate surface area is 178 Å². The standard InChI is InChI=1S/C23H23BrN4O/c24-11-5-9-20-14-19(22-23(25)26-16-27-28(20)22)12-18-8-4-10-21(13-18)29-15-17-6-2-1-3-7-17/h1-4,6-8,10,13-14,16H,5,9,11-12,15H2,(H2,25,26,27). The average Bonchev–Trinajstić information content (AvgIpc) is 3.10. The lowest BCUT2D eigenvalue weighted by molar-refractivity contribution is 0.306. The second kappa shape index (κ2) is 9.09. The predicted molar refractivity (Wildman–Crippen MR) is 120 cm³/mol. The van der Waals surface area contributed by atoms with Crippen LogP contribution in [0, 0.1) is 0 Å². The van der Waals surface area contributed by atoms with Gasteiger partial charge in [-0.2, -0.15) is 5.10 Å². The van der Waals surface area contributed by atoms with Crippen LogP contribution in [0.25, 0.3) is 5.52 Å². The Morgan fingerprint density at radius 1 is 1.00 bits per heavy atom. The van der Waals surface area contributed by atoms with Crippen molar-refractivity contribution in [3.8, 4) is 5.75 Å². The van der Waals surface area contributed by atoms with Crippen molar-refractivity contribution in [1.82, 2.24) is 14.6 Å². The Morgan fingerprint density at radius 2 is 1.83 bits per heavy atom. The van der Waals surface area contributed by atoms with E-state index in [1.54, 1.807) is 0 Å². The second-order valence-corrected chi connectivity index (χ2v) is 7.75. The van der Waals surface area contributed by atoms with Gasteiger partial charge in [-0.3, -0.25) is 0 Å². The van der Waals surface area contributed by atoms with Gasteiger partial charge in [0.05, 0.1) is 0 Å². The second-order valence-electron chi connectivity index (χ2n) is 6.96. The molecular formula is C23H23BrN4O. The molecule has 6 heteroatoms. The van der Waals surface area contributed by atoms with E-state index in [1.807, 2.05) is 34.8 Å². The topological polar surface area (TPSA) is 65.4 Å². The van der Waals surface area contributed by atoms with Gasteiger partial charge in [-0.1, -0.05) is 58.4 Å². The summed E-state index contributed by atoms with van der Waals surface area (Å²) in [6.45, 7) is 0.553. The number of anilines is 1. The molecule has 0 bridgehead atoms. The molecule has 2 heterocycles. The molecule has 2 aromatic heterocycles. The van der Waals surface area contributed by atoms with Crippen LogP contribution >= 0.6 is 15.9 Å². The molecule has 29 heavy (non-hydrogen) atoms. The van der Waals surface area contributed by atoms with Gasteiger partial charge in [-0.25, -0.2) is 9.50 Å². The number of aryl methyl sites for hydroxylation is 1. The molecule has 0 spiro atoms. The number of halogens is 1. The molecule has 2 aromatic carbocycles. The summed E-state index contributed by atoms with van der Waals surface area (Å²) in [5, 5.41) is 5.38. The van der Waals surface area contributed by atoms with Gasteiger partial charge in [0, 0.05) is 11.0 Å². The summed E-state index contributed by atoms with van der Waals surface area (Å²) < 4.78 is 7.91. The Kier molecular flexibility index (Phi) is 6.10. The number of nitrogens with two attached hydrogens (primary N) is 1. The highest BCUT2D eigenvalue weighted by molar-refractivity contribution is 9.09. The van der Waals surface area contributed by atoms with Gasteiger partial charge in [0.2, 0.25) is 0 Å². The summed E-state index contributed by atoms with van der Waals surface area (Å²) in [5.74, 6) is 1.37. The van der Waals surface area contributed by atoms with Crippen LogP contribution in [-0.4, -0.2) is 19.9 Å². The smallest absolute Gasteiger partial charge is 0.151 e. The van der Waals surface area contributed by atoms with Gasteiger partial charge >= 0.3 is 0 Å². The van der Waals surface area contributed by atoms with Crippen LogP contribution in [0.15, 0.2) is 67.0 Å². The van der Waals surface area contributed by atoms with Crippen LogP contribution in [-0.2, 0) is 19.4 Å². The van der Waals surface area contributed by atoms with E-state index < -0.39 is 0 Å². The van der Waals surface area contributed by atoms with E-state index in [0.717, 1.165) is 52.7 Å². The summed E-state index contributed by atoms with van der Waals surface area (Å²) in [7, 11) is 0. The molecule has 0 saturated carbocycles. The van der Waals surface area contributed by atoms with Crippen LogP contribution in [0.2, 0.25) is 0 Å². The first-order valence-electron chi connectivity index (χ1n) is 9.66. The lowest BCUT2D eigenvalue weighted by Crippen LogP contribution is -2.03. The van der Waals surface area contributed by atoms with Crippen LogP contribution in [0.5, 0.6) is 5.75 Å². The molecule has 2 N–H and O–H groups in total. The van der Waals surface area contributed by atoms with Gasteiger partial charge in [-0.15, -0.1) is 0 Å². The monoisotopic (exact) mass is 450 g/mol. The average molecular weight is 451 g/mol. The van der Waals surface area contributed by atoms with Crippen molar-refractivity contribution < 1.29 is 4.74 Å². The number of fused-ring (bicyclic) bond motifs is 1. The van der Waals surface area contributed by atoms with Crippen molar-refractivity contribution in [2.75, 3.05) is 11.1 Å². The van der Waals surface area contributed by atoms with Crippen LogP contribution < -0.4 is 10.5 Å². The third-order valence-corrected chi connectivity index (χ3v) is 5.40. The summed E-state index contributed by atoms with van der Waals surface area (Å²) in [6.07, 6.45) is 4.24.